The van der Waals surface area contributed by atoms with Crippen LogP contribution < -0.4 is 5.73 Å². The lowest BCUT2D eigenvalue weighted by Gasteiger charge is -2.46. The van der Waals surface area contributed by atoms with Crippen LogP contribution in [0.4, 0.5) is 0 Å². The Bertz CT molecular complexity index is 300. The number of amides is 1. The molecular weight excluding hydrogens is 228 g/mol. The quantitative estimate of drug-likeness (QED) is 0.831. The minimum atomic E-state index is -0.403. The number of carbonyl (C=O) groups is 1. The number of carbonyl (C=O) groups excluding carboxylic acids is 1. The summed E-state index contributed by atoms with van der Waals surface area (Å²) in [6.45, 7) is 5.87. The van der Waals surface area contributed by atoms with E-state index in [1.165, 1.54) is 12.8 Å². The lowest BCUT2D eigenvalue weighted by Crippen LogP contribution is -2.59. The molecule has 0 aromatic rings. The van der Waals surface area contributed by atoms with Crippen LogP contribution in [0.1, 0.15) is 46.0 Å². The SMILES string of the molecule is CCC(C)(CN)C(=O)N1CCOC2CCCCC21. The Labute approximate surface area is 110 Å². The molecule has 2 aliphatic rings. The zero-order valence-electron chi connectivity index (χ0n) is 11.7. The Kier molecular flexibility index (Phi) is 4.28. The van der Waals surface area contributed by atoms with E-state index in [2.05, 4.69) is 4.90 Å². The van der Waals surface area contributed by atoms with E-state index < -0.39 is 5.41 Å². The van der Waals surface area contributed by atoms with Gasteiger partial charge in [-0.05, 0) is 26.2 Å². The maximum Gasteiger partial charge on any atom is 0.230 e. The largest absolute Gasteiger partial charge is 0.374 e. The Hall–Kier alpha value is -0.610. The number of hydrogen-bond acceptors (Lipinski definition) is 3. The molecule has 104 valence electrons. The Morgan fingerprint density at radius 1 is 1.44 bits per heavy atom. The van der Waals surface area contributed by atoms with Crippen LogP contribution in [-0.2, 0) is 9.53 Å². The van der Waals surface area contributed by atoms with Crippen molar-refractivity contribution in [1.29, 1.82) is 0 Å². The van der Waals surface area contributed by atoms with Gasteiger partial charge in [-0.3, -0.25) is 4.79 Å². The average molecular weight is 254 g/mol. The summed E-state index contributed by atoms with van der Waals surface area (Å²) in [5, 5.41) is 0. The van der Waals surface area contributed by atoms with Crippen molar-refractivity contribution in [1.82, 2.24) is 4.90 Å². The average Bonchev–Trinajstić information content (AvgIpc) is 2.45. The molecule has 2 fully saturated rings. The summed E-state index contributed by atoms with van der Waals surface area (Å²) in [5.41, 5.74) is 5.41. The van der Waals surface area contributed by atoms with Gasteiger partial charge in [0, 0.05) is 13.1 Å². The number of hydrogen-bond donors (Lipinski definition) is 1. The molecule has 0 bridgehead atoms. The number of ether oxygens (including phenoxy) is 1. The van der Waals surface area contributed by atoms with Crippen molar-refractivity contribution in [2.75, 3.05) is 19.7 Å². The second-order valence-electron chi connectivity index (χ2n) is 5.88. The minimum absolute atomic E-state index is 0.229. The van der Waals surface area contributed by atoms with Crippen molar-refractivity contribution >= 4 is 5.91 Å². The van der Waals surface area contributed by atoms with Crippen molar-refractivity contribution in [3.05, 3.63) is 0 Å². The van der Waals surface area contributed by atoms with Gasteiger partial charge in [0.05, 0.1) is 24.2 Å². The van der Waals surface area contributed by atoms with Crippen molar-refractivity contribution in [3.8, 4) is 0 Å². The molecule has 0 aromatic carbocycles. The fraction of sp³-hybridized carbons (Fsp3) is 0.929. The van der Waals surface area contributed by atoms with E-state index in [-0.39, 0.29) is 18.1 Å². The van der Waals surface area contributed by atoms with Crippen LogP contribution in [0.3, 0.4) is 0 Å². The normalized spacial score (nSPS) is 31.6. The Balaban J connectivity index is 2.13. The maximum atomic E-state index is 12.7. The highest BCUT2D eigenvalue weighted by Crippen LogP contribution is 2.32. The third-order valence-corrected chi connectivity index (χ3v) is 4.74. The summed E-state index contributed by atoms with van der Waals surface area (Å²) < 4.78 is 5.82. The third-order valence-electron chi connectivity index (χ3n) is 4.74. The minimum Gasteiger partial charge on any atom is -0.374 e. The molecule has 1 heterocycles. The summed E-state index contributed by atoms with van der Waals surface area (Å²) in [7, 11) is 0. The third kappa shape index (κ3) is 2.41. The van der Waals surface area contributed by atoms with Gasteiger partial charge in [0.15, 0.2) is 0 Å². The molecule has 4 heteroatoms. The van der Waals surface area contributed by atoms with Gasteiger partial charge in [0.1, 0.15) is 0 Å². The number of morpholine rings is 1. The smallest absolute Gasteiger partial charge is 0.230 e. The molecule has 1 saturated heterocycles. The predicted molar refractivity (Wildman–Crippen MR) is 71.2 cm³/mol. The first-order valence-electron chi connectivity index (χ1n) is 7.25. The molecule has 3 unspecified atom stereocenters. The predicted octanol–water partition coefficient (Wildman–Crippen LogP) is 1.53. The van der Waals surface area contributed by atoms with Crippen LogP contribution in [0.25, 0.3) is 0 Å². The molecule has 1 amide bonds. The highest BCUT2D eigenvalue weighted by Gasteiger charge is 2.42. The van der Waals surface area contributed by atoms with Gasteiger partial charge in [-0.2, -0.15) is 0 Å². The Morgan fingerprint density at radius 2 is 2.17 bits per heavy atom. The van der Waals surface area contributed by atoms with Gasteiger partial charge in [-0.15, -0.1) is 0 Å². The first-order valence-corrected chi connectivity index (χ1v) is 7.25. The fourth-order valence-electron chi connectivity index (χ4n) is 3.08. The van der Waals surface area contributed by atoms with Gasteiger partial charge >= 0.3 is 0 Å². The molecule has 18 heavy (non-hydrogen) atoms. The molecule has 1 aliphatic heterocycles. The topological polar surface area (TPSA) is 55.6 Å². The first kappa shape index (κ1) is 13.8. The van der Waals surface area contributed by atoms with Crippen LogP contribution in [0.15, 0.2) is 0 Å². The maximum absolute atomic E-state index is 12.7. The van der Waals surface area contributed by atoms with E-state index in [4.69, 9.17) is 10.5 Å². The van der Waals surface area contributed by atoms with Crippen LogP contribution in [0, 0.1) is 5.41 Å². The van der Waals surface area contributed by atoms with E-state index in [0.717, 1.165) is 25.8 Å². The van der Waals surface area contributed by atoms with Crippen molar-refractivity contribution in [3.63, 3.8) is 0 Å². The van der Waals surface area contributed by atoms with Gasteiger partial charge in [0.2, 0.25) is 5.91 Å². The van der Waals surface area contributed by atoms with E-state index in [0.29, 0.717) is 13.2 Å². The van der Waals surface area contributed by atoms with Crippen molar-refractivity contribution in [2.24, 2.45) is 11.1 Å². The highest BCUT2D eigenvalue weighted by molar-refractivity contribution is 5.83. The van der Waals surface area contributed by atoms with Crippen LogP contribution in [0.5, 0.6) is 0 Å². The van der Waals surface area contributed by atoms with Crippen LogP contribution in [-0.4, -0.2) is 42.6 Å². The van der Waals surface area contributed by atoms with Gasteiger partial charge in [0.25, 0.3) is 0 Å². The van der Waals surface area contributed by atoms with Gasteiger partial charge in [-0.25, -0.2) is 0 Å². The van der Waals surface area contributed by atoms with E-state index in [9.17, 15) is 4.79 Å². The molecule has 1 aliphatic carbocycles. The van der Waals surface area contributed by atoms with Gasteiger partial charge < -0.3 is 15.4 Å². The summed E-state index contributed by atoms with van der Waals surface area (Å²) >= 11 is 0. The number of rotatable bonds is 3. The zero-order chi connectivity index (χ0) is 13.2. The van der Waals surface area contributed by atoms with E-state index >= 15 is 0 Å². The van der Waals surface area contributed by atoms with E-state index in [1.54, 1.807) is 0 Å². The number of nitrogens with two attached hydrogens (primary N) is 1. The standard InChI is InChI=1S/C14H26N2O2/c1-3-14(2,10-15)13(17)16-8-9-18-12-7-5-4-6-11(12)16/h11-12H,3-10,15H2,1-2H3. The van der Waals surface area contributed by atoms with Crippen molar-refractivity contribution < 1.29 is 9.53 Å². The summed E-state index contributed by atoms with van der Waals surface area (Å²) in [5.74, 6) is 0.229. The fourth-order valence-corrected chi connectivity index (χ4v) is 3.08. The summed E-state index contributed by atoms with van der Waals surface area (Å²) in [4.78, 5) is 14.8. The summed E-state index contributed by atoms with van der Waals surface area (Å²) in [6, 6.07) is 0.289. The molecule has 0 spiro atoms. The molecule has 0 radical (unpaired) electrons. The van der Waals surface area contributed by atoms with Crippen LogP contribution in [0.2, 0.25) is 0 Å². The number of fused-ring (bicyclic) bond motifs is 1. The summed E-state index contributed by atoms with van der Waals surface area (Å²) in [6.07, 6.45) is 5.68. The van der Waals surface area contributed by atoms with E-state index in [1.807, 2.05) is 13.8 Å². The van der Waals surface area contributed by atoms with Crippen LogP contribution >= 0.6 is 0 Å². The highest BCUT2D eigenvalue weighted by atomic mass is 16.5. The first-order chi connectivity index (χ1) is 8.62. The van der Waals surface area contributed by atoms with Gasteiger partial charge in [-0.1, -0.05) is 19.8 Å². The molecule has 1 saturated carbocycles. The molecule has 3 atom stereocenters. The number of nitrogens with zero attached hydrogens (tertiary/aromatic N) is 1. The monoisotopic (exact) mass is 254 g/mol. The molecule has 0 aromatic heterocycles. The lowest BCUT2D eigenvalue weighted by molar-refractivity contribution is -0.159. The Morgan fingerprint density at radius 3 is 2.83 bits per heavy atom. The lowest BCUT2D eigenvalue weighted by atomic mass is 9.83. The van der Waals surface area contributed by atoms with Crippen molar-refractivity contribution in [2.45, 2.75) is 58.1 Å². The molecular formula is C14H26N2O2. The molecule has 2 rings (SSSR count). The zero-order valence-corrected chi connectivity index (χ0v) is 11.7. The molecule has 2 N–H and O–H groups in total. The second kappa shape index (κ2) is 5.57. The second-order valence-corrected chi connectivity index (χ2v) is 5.88. The molecule has 4 nitrogen and oxygen atoms in total.